The molecule has 1 heteroatoms. The molecule has 0 amide bonds. The second kappa shape index (κ2) is 9.79. The van der Waals surface area contributed by atoms with Crippen molar-refractivity contribution < 1.29 is 0 Å². The average Bonchev–Trinajstić information content (AvgIpc) is 2.11. The number of nitrogens with one attached hydrogen (secondary N) is 1. The predicted octanol–water partition coefficient (Wildman–Crippen LogP) is 3.37. The largest absolute Gasteiger partial charge is 0.316 e. The third-order valence-electron chi connectivity index (χ3n) is 2.12. The van der Waals surface area contributed by atoms with Crippen molar-refractivity contribution >= 4 is 0 Å². The topological polar surface area (TPSA) is 12.0 Å². The highest BCUT2D eigenvalue weighted by atomic mass is 14.8. The summed E-state index contributed by atoms with van der Waals surface area (Å²) in [7, 11) is 0. The molecule has 0 aromatic rings. The molecule has 1 unspecified atom stereocenters. The molecular formula is C12H25N. The molecule has 0 fully saturated rings. The highest BCUT2D eigenvalue weighted by Crippen LogP contribution is 2.06. The summed E-state index contributed by atoms with van der Waals surface area (Å²) in [6, 6.07) is 0. The summed E-state index contributed by atoms with van der Waals surface area (Å²) in [5.41, 5.74) is 0. The van der Waals surface area contributed by atoms with Gasteiger partial charge in [0.05, 0.1) is 0 Å². The molecule has 0 aliphatic rings. The van der Waals surface area contributed by atoms with Crippen LogP contribution >= 0.6 is 0 Å². The number of hydrogen-bond acceptors (Lipinski definition) is 1. The van der Waals surface area contributed by atoms with Gasteiger partial charge in [0.2, 0.25) is 0 Å². The van der Waals surface area contributed by atoms with Gasteiger partial charge in [0.15, 0.2) is 0 Å². The van der Waals surface area contributed by atoms with E-state index in [0.717, 1.165) is 19.0 Å². The Kier molecular flexibility index (Phi) is 9.56. The van der Waals surface area contributed by atoms with Gasteiger partial charge in [-0.05, 0) is 38.3 Å². The molecule has 0 aliphatic heterocycles. The van der Waals surface area contributed by atoms with Crippen LogP contribution in [0.4, 0.5) is 0 Å². The van der Waals surface area contributed by atoms with Gasteiger partial charge in [0, 0.05) is 0 Å². The van der Waals surface area contributed by atoms with E-state index < -0.39 is 0 Å². The van der Waals surface area contributed by atoms with E-state index in [1.54, 1.807) is 0 Å². The lowest BCUT2D eigenvalue weighted by Gasteiger charge is -2.02. The van der Waals surface area contributed by atoms with E-state index in [-0.39, 0.29) is 0 Å². The van der Waals surface area contributed by atoms with Crippen LogP contribution in [-0.4, -0.2) is 13.1 Å². The number of allylic oxidation sites excluding steroid dienone is 1. The van der Waals surface area contributed by atoms with Crippen molar-refractivity contribution in [3.63, 3.8) is 0 Å². The van der Waals surface area contributed by atoms with Gasteiger partial charge < -0.3 is 5.32 Å². The molecular weight excluding hydrogens is 158 g/mol. The summed E-state index contributed by atoms with van der Waals surface area (Å²) in [5.74, 6) is 0.760. The van der Waals surface area contributed by atoms with Crippen molar-refractivity contribution in [2.75, 3.05) is 13.1 Å². The molecule has 1 nitrogen and oxygen atoms in total. The smallest absolute Gasteiger partial charge is 0.00143 e. The fourth-order valence-corrected chi connectivity index (χ4v) is 1.37. The Morgan fingerprint density at radius 3 is 2.54 bits per heavy atom. The van der Waals surface area contributed by atoms with Crippen LogP contribution in [0.3, 0.4) is 0 Å². The van der Waals surface area contributed by atoms with Crippen LogP contribution in [0.15, 0.2) is 12.2 Å². The van der Waals surface area contributed by atoms with Gasteiger partial charge in [0.25, 0.3) is 0 Å². The quantitative estimate of drug-likeness (QED) is 0.449. The summed E-state index contributed by atoms with van der Waals surface area (Å²) in [4.78, 5) is 0. The molecule has 0 aliphatic carbocycles. The minimum atomic E-state index is 0.760. The fourth-order valence-electron chi connectivity index (χ4n) is 1.37. The molecule has 1 N–H and O–H groups in total. The van der Waals surface area contributed by atoms with Crippen molar-refractivity contribution in [3.05, 3.63) is 12.2 Å². The first kappa shape index (κ1) is 12.7. The Bertz CT molecular complexity index is 118. The minimum absolute atomic E-state index is 0.760. The van der Waals surface area contributed by atoms with Gasteiger partial charge in [-0.3, -0.25) is 0 Å². The molecule has 0 aromatic carbocycles. The first-order valence-electron chi connectivity index (χ1n) is 5.68. The SMILES string of the molecule is CCCNCC/C=C/C(C)CCC. The summed E-state index contributed by atoms with van der Waals surface area (Å²) >= 11 is 0. The standard InChI is InChI=1S/C12H25N/c1-4-8-12(3)9-6-7-11-13-10-5-2/h6,9,12-13H,4-5,7-8,10-11H2,1-3H3/b9-6+. The van der Waals surface area contributed by atoms with Crippen molar-refractivity contribution in [2.45, 2.75) is 46.5 Å². The lowest BCUT2D eigenvalue weighted by Crippen LogP contribution is -2.15. The Labute approximate surface area is 83.6 Å². The molecule has 0 heterocycles. The summed E-state index contributed by atoms with van der Waals surface area (Å²) in [6.07, 6.45) is 9.67. The van der Waals surface area contributed by atoms with E-state index in [2.05, 4.69) is 38.2 Å². The zero-order valence-electron chi connectivity index (χ0n) is 9.47. The van der Waals surface area contributed by atoms with E-state index in [1.165, 1.54) is 25.7 Å². The maximum atomic E-state index is 3.39. The number of hydrogen-bond donors (Lipinski definition) is 1. The van der Waals surface area contributed by atoms with Crippen molar-refractivity contribution in [1.29, 1.82) is 0 Å². The van der Waals surface area contributed by atoms with Gasteiger partial charge >= 0.3 is 0 Å². The highest BCUT2D eigenvalue weighted by molar-refractivity contribution is 4.86. The normalized spacial score (nSPS) is 13.8. The third kappa shape index (κ3) is 9.62. The first-order chi connectivity index (χ1) is 6.31. The maximum Gasteiger partial charge on any atom is -0.00143 e. The lowest BCUT2D eigenvalue weighted by atomic mass is 10.1. The van der Waals surface area contributed by atoms with Crippen molar-refractivity contribution in [2.24, 2.45) is 5.92 Å². The van der Waals surface area contributed by atoms with Crippen LogP contribution in [0.5, 0.6) is 0 Å². The monoisotopic (exact) mass is 183 g/mol. The fraction of sp³-hybridized carbons (Fsp3) is 0.833. The van der Waals surface area contributed by atoms with Crippen LogP contribution in [0.1, 0.15) is 46.5 Å². The van der Waals surface area contributed by atoms with Crippen LogP contribution in [-0.2, 0) is 0 Å². The second-order valence-electron chi connectivity index (χ2n) is 3.73. The molecule has 0 saturated heterocycles. The maximum absolute atomic E-state index is 3.39. The molecule has 0 saturated carbocycles. The van der Waals surface area contributed by atoms with Gasteiger partial charge in [0.1, 0.15) is 0 Å². The van der Waals surface area contributed by atoms with Gasteiger partial charge in [-0.25, -0.2) is 0 Å². The molecule has 0 bridgehead atoms. The van der Waals surface area contributed by atoms with E-state index in [9.17, 15) is 0 Å². The Hall–Kier alpha value is -0.300. The average molecular weight is 183 g/mol. The Morgan fingerprint density at radius 2 is 1.92 bits per heavy atom. The third-order valence-corrected chi connectivity index (χ3v) is 2.12. The van der Waals surface area contributed by atoms with E-state index >= 15 is 0 Å². The predicted molar refractivity (Wildman–Crippen MR) is 61.0 cm³/mol. The first-order valence-corrected chi connectivity index (χ1v) is 5.68. The minimum Gasteiger partial charge on any atom is -0.316 e. The Balaban J connectivity index is 3.20. The van der Waals surface area contributed by atoms with Crippen LogP contribution < -0.4 is 5.32 Å². The molecule has 78 valence electrons. The van der Waals surface area contributed by atoms with Crippen LogP contribution in [0.25, 0.3) is 0 Å². The molecule has 13 heavy (non-hydrogen) atoms. The van der Waals surface area contributed by atoms with Gasteiger partial charge in [-0.1, -0.05) is 39.3 Å². The van der Waals surface area contributed by atoms with Crippen molar-refractivity contribution in [3.8, 4) is 0 Å². The zero-order valence-corrected chi connectivity index (χ0v) is 9.47. The molecule has 0 spiro atoms. The lowest BCUT2D eigenvalue weighted by molar-refractivity contribution is 0.628. The van der Waals surface area contributed by atoms with E-state index in [4.69, 9.17) is 0 Å². The molecule has 1 atom stereocenters. The summed E-state index contributed by atoms with van der Waals surface area (Å²) in [6.45, 7) is 9.01. The van der Waals surface area contributed by atoms with E-state index in [1.807, 2.05) is 0 Å². The summed E-state index contributed by atoms with van der Waals surface area (Å²) in [5, 5.41) is 3.39. The zero-order chi connectivity index (χ0) is 9.94. The van der Waals surface area contributed by atoms with Gasteiger partial charge in [-0.15, -0.1) is 0 Å². The molecule has 0 aromatic heterocycles. The van der Waals surface area contributed by atoms with Gasteiger partial charge in [-0.2, -0.15) is 0 Å². The second-order valence-corrected chi connectivity index (χ2v) is 3.73. The van der Waals surface area contributed by atoms with Crippen LogP contribution in [0, 0.1) is 5.92 Å². The van der Waals surface area contributed by atoms with E-state index in [0.29, 0.717) is 0 Å². The highest BCUT2D eigenvalue weighted by Gasteiger charge is 1.92. The summed E-state index contributed by atoms with van der Waals surface area (Å²) < 4.78 is 0. The molecule has 0 radical (unpaired) electrons. The Morgan fingerprint density at radius 1 is 1.15 bits per heavy atom. The van der Waals surface area contributed by atoms with Crippen LogP contribution in [0.2, 0.25) is 0 Å². The van der Waals surface area contributed by atoms with Crippen molar-refractivity contribution in [1.82, 2.24) is 5.32 Å². The molecule has 0 rings (SSSR count). The number of rotatable bonds is 8.